The Morgan fingerprint density at radius 1 is 1.67 bits per heavy atom. The number of hydrogen-bond donors (Lipinski definition) is 0. The molecule has 0 spiro atoms. The second kappa shape index (κ2) is 4.90. The number of ketones is 1. The average Bonchev–Trinajstić information content (AvgIpc) is 2.84. The molecule has 0 N–H and O–H groups in total. The summed E-state index contributed by atoms with van der Waals surface area (Å²) < 4.78 is 5.50. The van der Waals surface area contributed by atoms with Gasteiger partial charge in [-0.25, -0.2) is 0 Å². The first-order valence-electron chi connectivity index (χ1n) is 5.46. The Kier molecular flexibility index (Phi) is 3.54. The molecule has 2 rings (SSSR count). The highest BCUT2D eigenvalue weighted by atomic mass is 32.1. The Balaban J connectivity index is 1.84. The number of hydrogen-bond acceptors (Lipinski definition) is 3. The molecule has 1 aromatic rings. The van der Waals surface area contributed by atoms with E-state index >= 15 is 0 Å². The molecule has 3 heteroatoms. The third kappa shape index (κ3) is 2.67. The normalized spacial score (nSPS) is 20.7. The highest BCUT2D eigenvalue weighted by Crippen LogP contribution is 2.21. The molecule has 0 bridgehead atoms. The van der Waals surface area contributed by atoms with Gasteiger partial charge in [0.05, 0.1) is 6.10 Å². The van der Waals surface area contributed by atoms with Crippen LogP contribution in [0, 0.1) is 6.92 Å². The average molecular weight is 224 g/mol. The van der Waals surface area contributed by atoms with E-state index in [4.69, 9.17) is 4.74 Å². The monoisotopic (exact) mass is 224 g/mol. The van der Waals surface area contributed by atoms with Gasteiger partial charge < -0.3 is 4.74 Å². The van der Waals surface area contributed by atoms with Crippen molar-refractivity contribution in [3.05, 3.63) is 21.9 Å². The molecule has 1 aliphatic rings. The van der Waals surface area contributed by atoms with Crippen molar-refractivity contribution < 1.29 is 9.53 Å². The summed E-state index contributed by atoms with van der Waals surface area (Å²) in [6.07, 6.45) is 4.11. The Bertz CT molecular complexity index is 337. The molecule has 15 heavy (non-hydrogen) atoms. The maximum absolute atomic E-state index is 11.8. The number of aryl methyl sites for hydroxylation is 1. The largest absolute Gasteiger partial charge is 0.378 e. The van der Waals surface area contributed by atoms with Gasteiger partial charge in [-0.05, 0) is 37.6 Å². The lowest BCUT2D eigenvalue weighted by Gasteiger charge is -2.07. The summed E-state index contributed by atoms with van der Waals surface area (Å²) in [7, 11) is 0. The number of ether oxygens (including phenoxy) is 1. The zero-order chi connectivity index (χ0) is 10.7. The van der Waals surface area contributed by atoms with E-state index in [0.29, 0.717) is 12.5 Å². The molecule has 2 nitrogen and oxygen atoms in total. The zero-order valence-corrected chi connectivity index (χ0v) is 9.81. The van der Waals surface area contributed by atoms with E-state index in [1.54, 1.807) is 11.3 Å². The van der Waals surface area contributed by atoms with Crippen LogP contribution < -0.4 is 0 Å². The van der Waals surface area contributed by atoms with Gasteiger partial charge in [0.2, 0.25) is 0 Å². The summed E-state index contributed by atoms with van der Waals surface area (Å²) in [5.41, 5.74) is 0.901. The lowest BCUT2D eigenvalue weighted by atomic mass is 10.0. The summed E-state index contributed by atoms with van der Waals surface area (Å²) in [6.45, 7) is 2.88. The summed E-state index contributed by atoms with van der Waals surface area (Å²) in [5, 5.41) is 1.98. The third-order valence-corrected chi connectivity index (χ3v) is 3.72. The predicted molar refractivity (Wildman–Crippen MR) is 61.6 cm³/mol. The lowest BCUT2D eigenvalue weighted by Crippen LogP contribution is -2.08. The third-order valence-electron chi connectivity index (χ3n) is 2.88. The van der Waals surface area contributed by atoms with Gasteiger partial charge in [-0.1, -0.05) is 0 Å². The summed E-state index contributed by atoms with van der Waals surface area (Å²) in [6, 6.07) is 1.93. The maximum atomic E-state index is 11.8. The molecule has 1 atom stereocenters. The highest BCUT2D eigenvalue weighted by molar-refractivity contribution is 7.10. The van der Waals surface area contributed by atoms with E-state index in [2.05, 4.69) is 0 Å². The molecule has 0 amide bonds. The summed E-state index contributed by atoms with van der Waals surface area (Å²) in [5.74, 6) is 0.268. The van der Waals surface area contributed by atoms with Gasteiger partial charge in [-0.3, -0.25) is 4.79 Å². The van der Waals surface area contributed by atoms with Gasteiger partial charge >= 0.3 is 0 Å². The minimum atomic E-state index is 0.268. The molecule has 1 saturated heterocycles. The van der Waals surface area contributed by atoms with E-state index in [9.17, 15) is 4.79 Å². The van der Waals surface area contributed by atoms with Crippen LogP contribution >= 0.6 is 11.3 Å². The fraction of sp³-hybridized carbons (Fsp3) is 0.583. The fourth-order valence-corrected chi connectivity index (χ4v) is 2.69. The van der Waals surface area contributed by atoms with Gasteiger partial charge in [0.25, 0.3) is 0 Å². The van der Waals surface area contributed by atoms with Crippen molar-refractivity contribution in [3.8, 4) is 0 Å². The van der Waals surface area contributed by atoms with E-state index in [-0.39, 0.29) is 5.78 Å². The van der Waals surface area contributed by atoms with Gasteiger partial charge in [0, 0.05) is 23.5 Å². The van der Waals surface area contributed by atoms with Crippen LogP contribution in [0.2, 0.25) is 0 Å². The Labute approximate surface area is 94.3 Å². The molecule has 1 unspecified atom stereocenters. The first kappa shape index (κ1) is 10.8. The number of thiophene rings is 1. The Morgan fingerprint density at radius 2 is 2.53 bits per heavy atom. The maximum Gasteiger partial charge on any atom is 0.164 e. The van der Waals surface area contributed by atoms with Gasteiger partial charge in [0.1, 0.15) is 0 Å². The van der Waals surface area contributed by atoms with Crippen molar-refractivity contribution in [2.24, 2.45) is 0 Å². The van der Waals surface area contributed by atoms with E-state index in [0.717, 1.165) is 36.3 Å². The van der Waals surface area contributed by atoms with Crippen LogP contribution in [0.4, 0.5) is 0 Å². The van der Waals surface area contributed by atoms with Crippen molar-refractivity contribution in [2.75, 3.05) is 6.61 Å². The summed E-state index contributed by atoms with van der Waals surface area (Å²) in [4.78, 5) is 13.0. The second-order valence-electron chi connectivity index (χ2n) is 3.99. The minimum absolute atomic E-state index is 0.268. The molecule has 0 aromatic carbocycles. The summed E-state index contributed by atoms with van der Waals surface area (Å²) >= 11 is 1.64. The first-order chi connectivity index (χ1) is 7.27. The van der Waals surface area contributed by atoms with Crippen LogP contribution in [0.15, 0.2) is 11.4 Å². The molecule has 1 aromatic heterocycles. The first-order valence-corrected chi connectivity index (χ1v) is 6.34. The molecule has 1 fully saturated rings. The smallest absolute Gasteiger partial charge is 0.164 e. The topological polar surface area (TPSA) is 26.3 Å². The fourth-order valence-electron chi connectivity index (χ4n) is 1.97. The molecule has 1 aliphatic heterocycles. The van der Waals surface area contributed by atoms with Crippen LogP contribution in [0.5, 0.6) is 0 Å². The van der Waals surface area contributed by atoms with Crippen molar-refractivity contribution in [2.45, 2.75) is 38.7 Å². The lowest BCUT2D eigenvalue weighted by molar-refractivity contribution is 0.0859. The Morgan fingerprint density at radius 3 is 3.13 bits per heavy atom. The van der Waals surface area contributed by atoms with Crippen molar-refractivity contribution in [1.82, 2.24) is 0 Å². The van der Waals surface area contributed by atoms with Crippen molar-refractivity contribution >= 4 is 17.1 Å². The van der Waals surface area contributed by atoms with Crippen LogP contribution in [-0.4, -0.2) is 18.5 Å². The van der Waals surface area contributed by atoms with Crippen LogP contribution in [0.1, 0.15) is 40.9 Å². The van der Waals surface area contributed by atoms with E-state index in [1.165, 1.54) is 0 Å². The van der Waals surface area contributed by atoms with Gasteiger partial charge in [0.15, 0.2) is 5.78 Å². The molecule has 2 heterocycles. The molecule has 0 saturated carbocycles. The highest BCUT2D eigenvalue weighted by Gasteiger charge is 2.18. The van der Waals surface area contributed by atoms with Crippen LogP contribution in [0.3, 0.4) is 0 Å². The van der Waals surface area contributed by atoms with Crippen LogP contribution in [-0.2, 0) is 4.74 Å². The van der Waals surface area contributed by atoms with Crippen LogP contribution in [0.25, 0.3) is 0 Å². The number of carbonyl (C=O) groups is 1. The van der Waals surface area contributed by atoms with Gasteiger partial charge in [-0.2, -0.15) is 0 Å². The zero-order valence-electron chi connectivity index (χ0n) is 8.99. The standard InChI is InChI=1S/C12H16O2S/c1-9-11(6-8-15-9)12(13)5-4-10-3-2-7-14-10/h6,8,10H,2-5,7H2,1H3. The number of Topliss-reactive ketones (excluding diaryl/α,β-unsaturated/α-hetero) is 1. The minimum Gasteiger partial charge on any atom is -0.378 e. The van der Waals surface area contributed by atoms with E-state index in [1.807, 2.05) is 18.4 Å². The number of rotatable bonds is 4. The molecule has 82 valence electrons. The SMILES string of the molecule is Cc1sccc1C(=O)CCC1CCCO1. The predicted octanol–water partition coefficient (Wildman–Crippen LogP) is 3.20. The van der Waals surface area contributed by atoms with Gasteiger partial charge in [-0.15, -0.1) is 11.3 Å². The Hall–Kier alpha value is -0.670. The molecule has 0 radical (unpaired) electrons. The molecule has 0 aliphatic carbocycles. The molecular weight excluding hydrogens is 208 g/mol. The quantitative estimate of drug-likeness (QED) is 0.734. The van der Waals surface area contributed by atoms with Crippen molar-refractivity contribution in [3.63, 3.8) is 0 Å². The van der Waals surface area contributed by atoms with E-state index < -0.39 is 0 Å². The molecular formula is C12H16O2S. The number of carbonyl (C=O) groups excluding carboxylic acids is 1. The van der Waals surface area contributed by atoms with Crippen molar-refractivity contribution in [1.29, 1.82) is 0 Å². The second-order valence-corrected chi connectivity index (χ2v) is 5.11.